The van der Waals surface area contributed by atoms with Gasteiger partial charge in [-0.15, -0.1) is 12.6 Å². The lowest BCUT2D eigenvalue weighted by atomic mass is 10.3. The Labute approximate surface area is 66.6 Å². The largest absolute Gasteiger partial charge is 0.207 e. The first-order valence-electron chi connectivity index (χ1n) is 2.34. The van der Waals surface area contributed by atoms with Gasteiger partial charge in [-0.2, -0.15) is 0 Å². The standard InChI is InChI=1S/C6H4BrFS/c7-5-3-4(8)1-2-6(5)9/h1-3,9H. The van der Waals surface area contributed by atoms with E-state index < -0.39 is 0 Å². The molecule has 1 rings (SSSR count). The molecule has 0 aliphatic heterocycles. The van der Waals surface area contributed by atoms with Crippen LogP contribution >= 0.6 is 28.6 Å². The maximum atomic E-state index is 12.3. The fourth-order valence-corrected chi connectivity index (χ4v) is 0.971. The number of halogens is 2. The van der Waals surface area contributed by atoms with Crippen LogP contribution in [0.1, 0.15) is 0 Å². The third-order valence-electron chi connectivity index (χ3n) is 0.910. The van der Waals surface area contributed by atoms with Crippen LogP contribution in [0.3, 0.4) is 0 Å². The molecule has 1 aromatic carbocycles. The number of benzene rings is 1. The fourth-order valence-electron chi connectivity index (χ4n) is 0.481. The van der Waals surface area contributed by atoms with Gasteiger partial charge in [-0.3, -0.25) is 0 Å². The first-order valence-corrected chi connectivity index (χ1v) is 3.58. The maximum absolute atomic E-state index is 12.3. The van der Waals surface area contributed by atoms with Crippen molar-refractivity contribution in [2.24, 2.45) is 0 Å². The number of hydrogen-bond acceptors (Lipinski definition) is 1. The van der Waals surface area contributed by atoms with Gasteiger partial charge >= 0.3 is 0 Å². The van der Waals surface area contributed by atoms with Crippen molar-refractivity contribution in [3.8, 4) is 0 Å². The van der Waals surface area contributed by atoms with Crippen LogP contribution in [0, 0.1) is 5.82 Å². The van der Waals surface area contributed by atoms with Crippen molar-refractivity contribution in [1.82, 2.24) is 0 Å². The van der Waals surface area contributed by atoms with Gasteiger partial charge in [-0.25, -0.2) is 4.39 Å². The highest BCUT2D eigenvalue weighted by molar-refractivity contribution is 9.10. The normalized spacial score (nSPS) is 9.67. The third-order valence-corrected chi connectivity index (χ3v) is 2.26. The smallest absolute Gasteiger partial charge is 0.124 e. The van der Waals surface area contributed by atoms with Gasteiger partial charge in [-0.1, -0.05) is 0 Å². The van der Waals surface area contributed by atoms with Crippen LogP contribution in [-0.4, -0.2) is 0 Å². The third kappa shape index (κ3) is 1.69. The first-order chi connectivity index (χ1) is 4.20. The van der Waals surface area contributed by atoms with Crippen LogP contribution in [-0.2, 0) is 0 Å². The Morgan fingerprint density at radius 2 is 2.11 bits per heavy atom. The van der Waals surface area contributed by atoms with Crippen molar-refractivity contribution >= 4 is 28.6 Å². The molecular weight excluding hydrogens is 203 g/mol. The van der Waals surface area contributed by atoms with Crippen LogP contribution in [0.15, 0.2) is 27.6 Å². The summed E-state index contributed by atoms with van der Waals surface area (Å²) in [7, 11) is 0. The Morgan fingerprint density at radius 1 is 1.44 bits per heavy atom. The average molecular weight is 207 g/mol. The van der Waals surface area contributed by atoms with Gasteiger partial charge in [0.25, 0.3) is 0 Å². The van der Waals surface area contributed by atoms with Gasteiger partial charge in [0.15, 0.2) is 0 Å². The zero-order valence-electron chi connectivity index (χ0n) is 4.44. The average Bonchev–Trinajstić information content (AvgIpc) is 1.80. The molecule has 0 saturated carbocycles. The van der Waals surface area contributed by atoms with Crippen LogP contribution in [0.5, 0.6) is 0 Å². The minimum Gasteiger partial charge on any atom is -0.207 e. The first kappa shape index (κ1) is 7.09. The summed E-state index contributed by atoms with van der Waals surface area (Å²) in [6.07, 6.45) is 0. The molecule has 0 atom stereocenters. The molecule has 0 N–H and O–H groups in total. The van der Waals surface area contributed by atoms with Crippen molar-refractivity contribution in [1.29, 1.82) is 0 Å². The van der Waals surface area contributed by atoms with Crippen molar-refractivity contribution in [2.45, 2.75) is 4.90 Å². The number of hydrogen-bond donors (Lipinski definition) is 1. The molecule has 0 aromatic heterocycles. The van der Waals surface area contributed by atoms with E-state index in [4.69, 9.17) is 0 Å². The molecule has 3 heteroatoms. The van der Waals surface area contributed by atoms with E-state index in [1.165, 1.54) is 12.1 Å². The highest BCUT2D eigenvalue weighted by Crippen LogP contribution is 2.20. The molecule has 0 saturated heterocycles. The Balaban J connectivity index is 3.17. The fraction of sp³-hybridized carbons (Fsp3) is 0. The van der Waals surface area contributed by atoms with E-state index in [0.29, 0.717) is 4.47 Å². The molecule has 0 aliphatic rings. The van der Waals surface area contributed by atoms with Crippen molar-refractivity contribution in [3.63, 3.8) is 0 Å². The minimum absolute atomic E-state index is 0.250. The highest BCUT2D eigenvalue weighted by atomic mass is 79.9. The van der Waals surface area contributed by atoms with E-state index in [1.54, 1.807) is 6.07 Å². The van der Waals surface area contributed by atoms with E-state index >= 15 is 0 Å². The van der Waals surface area contributed by atoms with Crippen molar-refractivity contribution in [2.75, 3.05) is 0 Å². The van der Waals surface area contributed by atoms with Crippen LogP contribution in [0.25, 0.3) is 0 Å². The van der Waals surface area contributed by atoms with E-state index in [1.807, 2.05) is 0 Å². The molecule has 0 fully saturated rings. The summed E-state index contributed by atoms with van der Waals surface area (Å²) in [6.45, 7) is 0. The second-order valence-corrected chi connectivity index (χ2v) is 2.93. The summed E-state index contributed by atoms with van der Waals surface area (Å²) < 4.78 is 13.0. The lowest BCUT2D eigenvalue weighted by Gasteiger charge is -1.93. The van der Waals surface area contributed by atoms with Gasteiger partial charge in [0.05, 0.1) is 0 Å². The molecule has 9 heavy (non-hydrogen) atoms. The topological polar surface area (TPSA) is 0 Å². The van der Waals surface area contributed by atoms with E-state index in [9.17, 15) is 4.39 Å². The Bertz CT molecular complexity index is 224. The molecule has 0 bridgehead atoms. The molecule has 48 valence electrons. The molecule has 0 unspecified atom stereocenters. The molecule has 1 aromatic rings. The molecule has 0 spiro atoms. The summed E-state index contributed by atoms with van der Waals surface area (Å²) in [5.74, 6) is -0.250. The second kappa shape index (κ2) is 2.71. The zero-order valence-corrected chi connectivity index (χ0v) is 6.92. The van der Waals surface area contributed by atoms with Gasteiger partial charge in [0, 0.05) is 9.37 Å². The highest BCUT2D eigenvalue weighted by Gasteiger charge is 1.94. The summed E-state index contributed by atoms with van der Waals surface area (Å²) in [5.41, 5.74) is 0. The summed E-state index contributed by atoms with van der Waals surface area (Å²) >= 11 is 7.16. The van der Waals surface area contributed by atoms with Crippen LogP contribution in [0.4, 0.5) is 4.39 Å². The lowest BCUT2D eigenvalue weighted by molar-refractivity contribution is 0.625. The van der Waals surface area contributed by atoms with Crippen LogP contribution in [0.2, 0.25) is 0 Å². The Morgan fingerprint density at radius 3 is 2.56 bits per heavy atom. The predicted octanol–water partition coefficient (Wildman–Crippen LogP) is 2.88. The Kier molecular flexibility index (Phi) is 2.13. The minimum atomic E-state index is -0.250. The maximum Gasteiger partial charge on any atom is 0.124 e. The van der Waals surface area contributed by atoms with Crippen molar-refractivity contribution in [3.05, 3.63) is 28.5 Å². The van der Waals surface area contributed by atoms with Crippen LogP contribution < -0.4 is 0 Å². The van der Waals surface area contributed by atoms with Gasteiger partial charge in [-0.05, 0) is 34.1 Å². The Hall–Kier alpha value is -0.0200. The summed E-state index contributed by atoms with van der Waals surface area (Å²) in [4.78, 5) is 0.747. The molecule has 0 aliphatic carbocycles. The van der Waals surface area contributed by atoms with Crippen molar-refractivity contribution < 1.29 is 4.39 Å². The quantitative estimate of drug-likeness (QED) is 0.621. The van der Waals surface area contributed by atoms with Gasteiger partial charge < -0.3 is 0 Å². The predicted molar refractivity (Wildman–Crippen MR) is 41.4 cm³/mol. The molecule has 0 amide bonds. The van der Waals surface area contributed by atoms with Gasteiger partial charge in [0.2, 0.25) is 0 Å². The summed E-state index contributed by atoms with van der Waals surface area (Å²) in [5, 5.41) is 0. The molecule has 0 heterocycles. The number of rotatable bonds is 0. The monoisotopic (exact) mass is 206 g/mol. The SMILES string of the molecule is Fc1ccc(S)c(Br)c1. The van der Waals surface area contributed by atoms with E-state index in [-0.39, 0.29) is 5.82 Å². The van der Waals surface area contributed by atoms with E-state index in [0.717, 1.165) is 4.90 Å². The molecule has 0 radical (unpaired) electrons. The molecule has 0 nitrogen and oxygen atoms in total. The number of thiol groups is 1. The van der Waals surface area contributed by atoms with Gasteiger partial charge in [0.1, 0.15) is 5.82 Å². The second-order valence-electron chi connectivity index (χ2n) is 1.60. The molecular formula is C6H4BrFS. The summed E-state index contributed by atoms with van der Waals surface area (Å²) in [6, 6.07) is 4.35. The lowest BCUT2D eigenvalue weighted by Crippen LogP contribution is -1.73. The van der Waals surface area contributed by atoms with E-state index in [2.05, 4.69) is 28.6 Å². The zero-order chi connectivity index (χ0) is 6.85.